The summed E-state index contributed by atoms with van der Waals surface area (Å²) in [5.41, 5.74) is 11.1. The maximum absolute atomic E-state index is 12.8. The van der Waals surface area contributed by atoms with E-state index in [4.69, 9.17) is 5.73 Å². The Morgan fingerprint density at radius 2 is 1.91 bits per heavy atom. The Morgan fingerprint density at radius 3 is 2.69 bits per heavy atom. The Labute approximate surface area is 203 Å². The maximum atomic E-state index is 12.8. The quantitative estimate of drug-likeness (QED) is 0.317. The number of aromatic nitrogens is 2. The molecule has 178 valence electrons. The van der Waals surface area contributed by atoms with E-state index in [0.717, 1.165) is 59.2 Å². The molecule has 1 saturated heterocycles. The first-order valence-electron chi connectivity index (χ1n) is 11.8. The molecular weight excluding hydrogens is 440 g/mol. The number of aryl methyl sites for hydroxylation is 1. The SMILES string of the molecule is Cc1cc(Nc2cc(NCc3cccc4cc[nH]c34)c(C(N)=O)cn2)ccc1C(=O)N1CCCC1. The van der Waals surface area contributed by atoms with E-state index in [0.29, 0.717) is 23.6 Å². The molecule has 35 heavy (non-hydrogen) atoms. The molecule has 0 unspecified atom stereocenters. The van der Waals surface area contributed by atoms with Crippen LogP contribution < -0.4 is 16.4 Å². The number of rotatable bonds is 7. The lowest BCUT2D eigenvalue weighted by atomic mass is 10.1. The number of hydrogen-bond acceptors (Lipinski definition) is 5. The first kappa shape index (κ1) is 22.5. The molecular formula is C27H28N6O2. The van der Waals surface area contributed by atoms with Crippen LogP contribution in [0.2, 0.25) is 0 Å². The van der Waals surface area contributed by atoms with E-state index < -0.39 is 5.91 Å². The number of amides is 2. The van der Waals surface area contributed by atoms with Gasteiger partial charge in [0.15, 0.2) is 0 Å². The summed E-state index contributed by atoms with van der Waals surface area (Å²) in [5, 5.41) is 7.73. The third kappa shape index (κ3) is 4.68. The first-order chi connectivity index (χ1) is 17.0. The van der Waals surface area contributed by atoms with Gasteiger partial charge in [-0.1, -0.05) is 18.2 Å². The van der Waals surface area contributed by atoms with Gasteiger partial charge in [-0.25, -0.2) is 4.98 Å². The van der Waals surface area contributed by atoms with Crippen molar-refractivity contribution in [1.82, 2.24) is 14.9 Å². The molecule has 2 aromatic carbocycles. The Kier molecular flexibility index (Phi) is 6.10. The van der Waals surface area contributed by atoms with Crippen LogP contribution in [0.4, 0.5) is 17.2 Å². The molecule has 3 heterocycles. The molecule has 5 rings (SSSR count). The number of H-pyrrole nitrogens is 1. The number of carbonyl (C=O) groups excluding carboxylic acids is 2. The molecule has 5 N–H and O–H groups in total. The van der Waals surface area contributed by atoms with Crippen molar-refractivity contribution in [2.75, 3.05) is 23.7 Å². The third-order valence-electron chi connectivity index (χ3n) is 6.43. The zero-order valence-corrected chi connectivity index (χ0v) is 19.6. The van der Waals surface area contributed by atoms with Crippen molar-refractivity contribution in [2.24, 2.45) is 5.73 Å². The predicted octanol–water partition coefficient (Wildman–Crippen LogP) is 4.56. The smallest absolute Gasteiger partial charge is 0.254 e. The number of benzene rings is 2. The van der Waals surface area contributed by atoms with E-state index in [2.05, 4.69) is 20.6 Å². The van der Waals surface area contributed by atoms with Crippen LogP contribution >= 0.6 is 0 Å². The van der Waals surface area contributed by atoms with Gasteiger partial charge in [0.25, 0.3) is 11.8 Å². The van der Waals surface area contributed by atoms with Crippen molar-refractivity contribution in [2.45, 2.75) is 26.3 Å². The van der Waals surface area contributed by atoms with Gasteiger partial charge in [0.05, 0.1) is 16.8 Å². The number of aromatic amines is 1. The highest BCUT2D eigenvalue weighted by molar-refractivity contribution is 5.99. The number of nitrogens with one attached hydrogen (secondary N) is 3. The van der Waals surface area contributed by atoms with E-state index in [-0.39, 0.29) is 5.91 Å². The Hall–Kier alpha value is -4.33. The van der Waals surface area contributed by atoms with Gasteiger partial charge >= 0.3 is 0 Å². The van der Waals surface area contributed by atoms with E-state index in [1.165, 1.54) is 6.20 Å². The van der Waals surface area contributed by atoms with Crippen LogP contribution in [0.1, 0.15) is 44.7 Å². The lowest BCUT2D eigenvalue weighted by Gasteiger charge is -2.17. The summed E-state index contributed by atoms with van der Waals surface area (Å²) in [5.74, 6) is 0.0953. The summed E-state index contributed by atoms with van der Waals surface area (Å²) in [6.07, 6.45) is 5.51. The number of hydrogen-bond donors (Lipinski definition) is 4. The van der Waals surface area contributed by atoms with Crippen LogP contribution in [0.25, 0.3) is 10.9 Å². The summed E-state index contributed by atoms with van der Waals surface area (Å²) in [7, 11) is 0. The van der Waals surface area contributed by atoms with E-state index in [1.54, 1.807) is 6.07 Å². The Morgan fingerprint density at radius 1 is 1.09 bits per heavy atom. The second kappa shape index (κ2) is 9.50. The number of primary amides is 1. The second-order valence-electron chi connectivity index (χ2n) is 8.85. The van der Waals surface area contributed by atoms with Crippen molar-refractivity contribution in [1.29, 1.82) is 0 Å². The van der Waals surface area contributed by atoms with Crippen LogP contribution in [-0.4, -0.2) is 39.8 Å². The van der Waals surface area contributed by atoms with Crippen molar-refractivity contribution in [3.63, 3.8) is 0 Å². The van der Waals surface area contributed by atoms with E-state index in [9.17, 15) is 9.59 Å². The highest BCUT2D eigenvalue weighted by Crippen LogP contribution is 2.25. The largest absolute Gasteiger partial charge is 0.380 e. The van der Waals surface area contributed by atoms with Gasteiger partial charge in [0, 0.05) is 49.3 Å². The molecule has 2 amide bonds. The molecule has 0 bridgehead atoms. The third-order valence-corrected chi connectivity index (χ3v) is 6.43. The Bertz CT molecular complexity index is 1400. The summed E-state index contributed by atoms with van der Waals surface area (Å²) in [6, 6.07) is 15.5. The average molecular weight is 469 g/mol. The molecule has 8 heteroatoms. The Balaban J connectivity index is 1.35. The summed E-state index contributed by atoms with van der Waals surface area (Å²) < 4.78 is 0. The summed E-state index contributed by atoms with van der Waals surface area (Å²) >= 11 is 0. The van der Waals surface area contributed by atoms with Gasteiger partial charge in [0.2, 0.25) is 0 Å². The molecule has 4 aromatic rings. The molecule has 2 aromatic heterocycles. The van der Waals surface area contributed by atoms with Crippen molar-refractivity contribution in [3.05, 3.63) is 83.2 Å². The fraction of sp³-hybridized carbons (Fsp3) is 0.222. The molecule has 0 spiro atoms. The minimum atomic E-state index is -0.551. The van der Waals surface area contributed by atoms with Crippen LogP contribution in [0.15, 0.2) is 60.9 Å². The normalized spacial score (nSPS) is 13.2. The van der Waals surface area contributed by atoms with Crippen LogP contribution in [0.5, 0.6) is 0 Å². The van der Waals surface area contributed by atoms with Gasteiger partial charge in [-0.05, 0) is 60.5 Å². The number of likely N-dealkylation sites (tertiary alicyclic amines) is 1. The van der Waals surface area contributed by atoms with E-state index >= 15 is 0 Å². The molecule has 8 nitrogen and oxygen atoms in total. The van der Waals surface area contributed by atoms with Crippen molar-refractivity contribution >= 4 is 39.9 Å². The lowest BCUT2D eigenvalue weighted by molar-refractivity contribution is 0.0792. The molecule has 0 radical (unpaired) electrons. The molecule has 0 saturated carbocycles. The van der Waals surface area contributed by atoms with Crippen LogP contribution in [0.3, 0.4) is 0 Å². The van der Waals surface area contributed by atoms with Crippen LogP contribution in [0, 0.1) is 6.92 Å². The van der Waals surface area contributed by atoms with Crippen LogP contribution in [-0.2, 0) is 6.54 Å². The minimum Gasteiger partial charge on any atom is -0.380 e. The summed E-state index contributed by atoms with van der Waals surface area (Å²) in [4.78, 5) is 34.3. The molecule has 1 aliphatic heterocycles. The number of nitrogens with zero attached hydrogens (tertiary/aromatic N) is 2. The highest BCUT2D eigenvalue weighted by Gasteiger charge is 2.21. The average Bonchev–Trinajstić information content (AvgIpc) is 3.55. The first-order valence-corrected chi connectivity index (χ1v) is 11.8. The monoisotopic (exact) mass is 468 g/mol. The zero-order chi connectivity index (χ0) is 24.4. The number of nitrogens with two attached hydrogens (primary N) is 1. The number of fused-ring (bicyclic) bond motifs is 1. The second-order valence-corrected chi connectivity index (χ2v) is 8.85. The zero-order valence-electron chi connectivity index (χ0n) is 19.6. The summed E-state index contributed by atoms with van der Waals surface area (Å²) in [6.45, 7) is 4.09. The fourth-order valence-corrected chi connectivity index (χ4v) is 4.57. The van der Waals surface area contributed by atoms with Gasteiger partial charge in [-0.2, -0.15) is 0 Å². The van der Waals surface area contributed by atoms with Crippen molar-refractivity contribution < 1.29 is 9.59 Å². The number of anilines is 3. The number of carbonyl (C=O) groups is 2. The van der Waals surface area contributed by atoms with Gasteiger partial charge in [-0.3, -0.25) is 9.59 Å². The number of pyridine rings is 1. The molecule has 1 aliphatic rings. The van der Waals surface area contributed by atoms with Gasteiger partial charge in [0.1, 0.15) is 5.82 Å². The highest BCUT2D eigenvalue weighted by atomic mass is 16.2. The van der Waals surface area contributed by atoms with Crippen molar-refractivity contribution in [3.8, 4) is 0 Å². The minimum absolute atomic E-state index is 0.0825. The van der Waals surface area contributed by atoms with E-state index in [1.807, 2.05) is 60.5 Å². The molecule has 1 fully saturated rings. The predicted molar refractivity (Wildman–Crippen MR) is 138 cm³/mol. The fourth-order valence-electron chi connectivity index (χ4n) is 4.57. The lowest BCUT2D eigenvalue weighted by Crippen LogP contribution is -2.28. The van der Waals surface area contributed by atoms with Gasteiger partial charge < -0.3 is 26.3 Å². The maximum Gasteiger partial charge on any atom is 0.254 e. The van der Waals surface area contributed by atoms with Gasteiger partial charge in [-0.15, -0.1) is 0 Å². The standard InChI is InChI=1S/C27H28N6O2/c1-17-13-20(7-8-21(17)27(35)33-11-2-3-12-33)32-24-14-23(22(16-31-24)26(28)34)30-15-19-6-4-5-18-9-10-29-25(18)19/h4-10,13-14,16,29H,2-3,11-12,15H2,1H3,(H2,28,34)(H2,30,31,32). The molecule has 0 atom stereocenters. The number of para-hydroxylation sites is 1. The molecule has 0 aliphatic carbocycles. The topological polar surface area (TPSA) is 116 Å².